The molecular weight excluding hydrogens is 270 g/mol. The van der Waals surface area contributed by atoms with Gasteiger partial charge in [0.2, 0.25) is 0 Å². The predicted molar refractivity (Wildman–Crippen MR) is 80.8 cm³/mol. The Morgan fingerprint density at radius 2 is 2.00 bits per heavy atom. The number of aliphatic hydroxyl groups excluding tert-OH is 1. The van der Waals surface area contributed by atoms with Gasteiger partial charge >= 0.3 is 0 Å². The van der Waals surface area contributed by atoms with E-state index < -0.39 is 6.10 Å². The van der Waals surface area contributed by atoms with Gasteiger partial charge < -0.3 is 24.9 Å². The quantitative estimate of drug-likeness (QED) is 0.800. The van der Waals surface area contributed by atoms with Gasteiger partial charge in [-0.15, -0.1) is 0 Å². The molecule has 0 aromatic heterocycles. The highest BCUT2D eigenvalue weighted by atomic mass is 16.5. The Morgan fingerprint density at radius 3 is 2.48 bits per heavy atom. The zero-order valence-electron chi connectivity index (χ0n) is 13.6. The Morgan fingerprint density at radius 1 is 1.33 bits per heavy atom. The molecule has 6 nitrogen and oxygen atoms in total. The van der Waals surface area contributed by atoms with E-state index in [9.17, 15) is 5.11 Å². The molecule has 2 heterocycles. The van der Waals surface area contributed by atoms with Gasteiger partial charge in [-0.05, 0) is 19.4 Å². The fraction of sp³-hybridized carbons (Fsp3) is 0.600. The summed E-state index contributed by atoms with van der Waals surface area (Å²) < 4.78 is 10.7. The third-order valence-electron chi connectivity index (χ3n) is 4.20. The highest BCUT2D eigenvalue weighted by molar-refractivity contribution is 5.46. The molecule has 2 unspecified atom stereocenters. The van der Waals surface area contributed by atoms with Crippen molar-refractivity contribution in [2.24, 2.45) is 0 Å². The lowest BCUT2D eigenvalue weighted by atomic mass is 9.98. The molecule has 0 radical (unpaired) electrons. The number of nitrogens with one attached hydrogen (secondary N) is 1. The maximum absolute atomic E-state index is 10.0. The van der Waals surface area contributed by atoms with Gasteiger partial charge in [-0.3, -0.25) is 0 Å². The van der Waals surface area contributed by atoms with Crippen LogP contribution in [0.2, 0.25) is 0 Å². The minimum absolute atomic E-state index is 0.0246. The van der Waals surface area contributed by atoms with Crippen LogP contribution in [-0.2, 0) is 9.47 Å². The van der Waals surface area contributed by atoms with Crippen molar-refractivity contribution < 1.29 is 14.6 Å². The van der Waals surface area contributed by atoms with Crippen LogP contribution in [0.25, 0.3) is 0 Å². The molecule has 0 amide bonds. The molecule has 0 saturated heterocycles. The third-order valence-corrected chi connectivity index (χ3v) is 4.20. The fourth-order valence-corrected chi connectivity index (χ4v) is 3.16. The van der Waals surface area contributed by atoms with Crippen molar-refractivity contribution in [3.8, 4) is 0 Å². The summed E-state index contributed by atoms with van der Waals surface area (Å²) in [6, 6.07) is -0.0246. The van der Waals surface area contributed by atoms with Gasteiger partial charge in [0.25, 0.3) is 0 Å². The molecule has 2 atom stereocenters. The van der Waals surface area contributed by atoms with Crippen LogP contribution < -0.4 is 5.32 Å². The van der Waals surface area contributed by atoms with E-state index >= 15 is 0 Å². The summed E-state index contributed by atoms with van der Waals surface area (Å²) in [4.78, 5) is 0. The van der Waals surface area contributed by atoms with Gasteiger partial charge in [0.1, 0.15) is 5.76 Å². The number of allylic oxidation sites excluding steroid dienone is 1. The van der Waals surface area contributed by atoms with Crippen molar-refractivity contribution >= 4 is 0 Å². The average Bonchev–Trinajstić information content (AvgIpc) is 2.68. The van der Waals surface area contributed by atoms with E-state index in [2.05, 4.69) is 17.2 Å². The molecule has 2 aliphatic heterocycles. The zero-order chi connectivity index (χ0) is 15.7. The van der Waals surface area contributed by atoms with Crippen molar-refractivity contribution in [2.45, 2.75) is 26.0 Å². The largest absolute Gasteiger partial charge is 0.496 e. The second-order valence-electron chi connectivity index (χ2n) is 5.43. The van der Waals surface area contributed by atoms with E-state index in [1.807, 2.05) is 32.1 Å². The van der Waals surface area contributed by atoms with Crippen LogP contribution in [0.4, 0.5) is 0 Å². The molecule has 21 heavy (non-hydrogen) atoms. The fourth-order valence-electron chi connectivity index (χ4n) is 3.16. The van der Waals surface area contributed by atoms with Crippen LogP contribution in [0.3, 0.4) is 0 Å². The molecule has 2 rings (SSSR count). The number of hydrogen-bond acceptors (Lipinski definition) is 6. The van der Waals surface area contributed by atoms with Gasteiger partial charge in [-0.1, -0.05) is 0 Å². The van der Waals surface area contributed by atoms with E-state index in [4.69, 9.17) is 9.47 Å². The Hall–Kier alpha value is -1.66. The van der Waals surface area contributed by atoms with Crippen LogP contribution in [0, 0.1) is 0 Å². The number of nitrogens with zero attached hydrogens (tertiary/aromatic N) is 2. The molecule has 6 heteroatoms. The number of hydrazine groups is 1. The van der Waals surface area contributed by atoms with Crippen molar-refractivity contribution in [3.63, 3.8) is 0 Å². The molecule has 0 aromatic carbocycles. The van der Waals surface area contributed by atoms with E-state index in [1.54, 1.807) is 14.2 Å². The molecule has 0 bridgehead atoms. The highest BCUT2D eigenvalue weighted by Crippen LogP contribution is 2.35. The van der Waals surface area contributed by atoms with Crippen molar-refractivity contribution in [2.75, 3.05) is 34.9 Å². The topological polar surface area (TPSA) is 57.2 Å². The summed E-state index contributed by atoms with van der Waals surface area (Å²) in [5.74, 6) is 1.47. The monoisotopic (exact) mass is 295 g/mol. The Balaban J connectivity index is 2.49. The number of hydrogen-bond donors (Lipinski definition) is 2. The number of methoxy groups -OCH3 is 2. The summed E-state index contributed by atoms with van der Waals surface area (Å²) >= 11 is 0. The zero-order valence-corrected chi connectivity index (χ0v) is 13.6. The summed E-state index contributed by atoms with van der Waals surface area (Å²) in [7, 11) is 7.26. The van der Waals surface area contributed by atoms with Gasteiger partial charge in [-0.2, -0.15) is 0 Å². The van der Waals surface area contributed by atoms with Crippen molar-refractivity contribution in [1.82, 2.24) is 15.3 Å². The summed E-state index contributed by atoms with van der Waals surface area (Å²) in [6.45, 7) is 4.50. The molecule has 118 valence electrons. The lowest BCUT2D eigenvalue weighted by Crippen LogP contribution is -2.43. The molecule has 0 saturated carbocycles. The first-order chi connectivity index (χ1) is 9.92. The standard InChI is InChI=1S/C15H25N3O3/c1-9-14(10(2)19)17(3)18(4)15(9)11-8-16-13(21-6)7-12(11)20-5/h7,10,14,16,19H,8H2,1-6H3. The molecule has 0 aliphatic carbocycles. The molecule has 0 fully saturated rings. The van der Waals surface area contributed by atoms with Gasteiger partial charge in [0, 0.05) is 32.3 Å². The smallest absolute Gasteiger partial charge is 0.190 e. The minimum Gasteiger partial charge on any atom is -0.496 e. The van der Waals surface area contributed by atoms with E-state index in [0.29, 0.717) is 12.4 Å². The number of rotatable bonds is 4. The van der Waals surface area contributed by atoms with Crippen LogP contribution in [0.5, 0.6) is 0 Å². The highest BCUT2D eigenvalue weighted by Gasteiger charge is 2.37. The molecular formula is C15H25N3O3. The van der Waals surface area contributed by atoms with Gasteiger partial charge in [-0.25, -0.2) is 5.01 Å². The molecule has 0 aromatic rings. The Labute approximate surface area is 126 Å². The lowest BCUT2D eigenvalue weighted by molar-refractivity contribution is 0.00596. The van der Waals surface area contributed by atoms with Crippen LogP contribution in [-0.4, -0.2) is 62.1 Å². The second kappa shape index (κ2) is 5.99. The summed E-state index contributed by atoms with van der Waals surface area (Å²) in [6.07, 6.45) is 1.41. The van der Waals surface area contributed by atoms with Gasteiger partial charge in [0.05, 0.1) is 32.1 Å². The van der Waals surface area contributed by atoms with Crippen LogP contribution >= 0.6 is 0 Å². The maximum Gasteiger partial charge on any atom is 0.190 e. The van der Waals surface area contributed by atoms with Gasteiger partial charge in [0.15, 0.2) is 5.88 Å². The first kappa shape index (κ1) is 15.7. The minimum atomic E-state index is -0.442. The van der Waals surface area contributed by atoms with Crippen molar-refractivity contribution in [3.05, 3.63) is 34.6 Å². The summed E-state index contributed by atoms with van der Waals surface area (Å²) in [5, 5.41) is 17.4. The number of likely N-dealkylation sites (N-methyl/N-ethyl adjacent to an activating group) is 2. The lowest BCUT2D eigenvalue weighted by Gasteiger charge is -2.32. The number of aliphatic hydroxyl groups is 1. The van der Waals surface area contributed by atoms with Crippen molar-refractivity contribution in [1.29, 1.82) is 0 Å². The first-order valence-corrected chi connectivity index (χ1v) is 7.04. The first-order valence-electron chi connectivity index (χ1n) is 7.04. The Kier molecular flexibility index (Phi) is 4.49. The Bertz CT molecular complexity index is 508. The SMILES string of the molecule is COC1=CC(OC)=C(C2=C(C)C(C(C)O)N(C)N2C)CN1. The molecule has 0 spiro atoms. The normalized spacial score (nSPS) is 25.0. The van der Waals surface area contributed by atoms with E-state index in [1.165, 1.54) is 0 Å². The van der Waals surface area contributed by atoms with Crippen LogP contribution in [0.15, 0.2) is 34.6 Å². The van der Waals surface area contributed by atoms with E-state index in [-0.39, 0.29) is 6.04 Å². The van der Waals surface area contributed by atoms with Crippen LogP contribution in [0.1, 0.15) is 13.8 Å². The summed E-state index contributed by atoms with van der Waals surface area (Å²) in [5.41, 5.74) is 3.28. The number of ether oxygens (including phenoxy) is 2. The average molecular weight is 295 g/mol. The predicted octanol–water partition coefficient (Wildman–Crippen LogP) is 0.793. The maximum atomic E-state index is 10.0. The molecule has 2 N–H and O–H groups in total. The second-order valence-corrected chi connectivity index (χ2v) is 5.43. The van der Waals surface area contributed by atoms with E-state index in [0.717, 1.165) is 22.6 Å². The third kappa shape index (κ3) is 2.61. The number of dihydropyridines is 1. The molecule has 2 aliphatic rings.